The van der Waals surface area contributed by atoms with Gasteiger partial charge in [-0.15, -0.1) is 0 Å². The van der Waals surface area contributed by atoms with E-state index >= 15 is 0 Å². The minimum Gasteiger partial charge on any atom is -0.336 e. The molecule has 1 atom stereocenters. The van der Waals surface area contributed by atoms with E-state index in [2.05, 4.69) is 46.1 Å². The summed E-state index contributed by atoms with van der Waals surface area (Å²) in [6.07, 6.45) is 7.65. The van der Waals surface area contributed by atoms with Gasteiger partial charge in [-0.25, -0.2) is 0 Å². The molecular formula is C23H30N4O. The Kier molecular flexibility index (Phi) is 5.44. The van der Waals surface area contributed by atoms with Gasteiger partial charge in [-0.3, -0.25) is 19.7 Å². The molecule has 0 saturated carbocycles. The van der Waals surface area contributed by atoms with Crippen molar-refractivity contribution in [1.82, 2.24) is 19.8 Å². The quantitative estimate of drug-likeness (QED) is 0.817. The molecule has 5 heteroatoms. The molecule has 2 aromatic rings. The van der Waals surface area contributed by atoms with E-state index in [1.165, 1.54) is 24.0 Å². The molecule has 148 valence electrons. The molecule has 5 nitrogen and oxygen atoms in total. The fourth-order valence-electron chi connectivity index (χ4n) is 4.67. The van der Waals surface area contributed by atoms with Gasteiger partial charge in [0, 0.05) is 37.7 Å². The van der Waals surface area contributed by atoms with E-state index in [-0.39, 0.29) is 11.3 Å². The predicted molar refractivity (Wildman–Crippen MR) is 110 cm³/mol. The summed E-state index contributed by atoms with van der Waals surface area (Å²) in [5, 5.41) is 0. The van der Waals surface area contributed by atoms with Crippen molar-refractivity contribution in [3.8, 4) is 0 Å². The van der Waals surface area contributed by atoms with E-state index in [4.69, 9.17) is 0 Å². The molecular weight excluding hydrogens is 348 g/mol. The first kappa shape index (κ1) is 19.1. The van der Waals surface area contributed by atoms with Crippen molar-refractivity contribution in [2.75, 3.05) is 19.6 Å². The zero-order chi connectivity index (χ0) is 19.6. The topological polar surface area (TPSA) is 49.3 Å². The summed E-state index contributed by atoms with van der Waals surface area (Å²) in [5.74, 6) is 0.253. The Morgan fingerprint density at radius 3 is 2.57 bits per heavy atom. The first-order chi connectivity index (χ1) is 13.5. The van der Waals surface area contributed by atoms with E-state index in [1.54, 1.807) is 12.4 Å². The highest BCUT2D eigenvalue weighted by atomic mass is 16.2. The summed E-state index contributed by atoms with van der Waals surface area (Å²) in [4.78, 5) is 25.9. The number of amides is 1. The molecule has 2 saturated heterocycles. The van der Waals surface area contributed by atoms with E-state index in [1.807, 2.05) is 11.8 Å². The lowest BCUT2D eigenvalue weighted by Gasteiger charge is -2.48. The van der Waals surface area contributed by atoms with Crippen molar-refractivity contribution < 1.29 is 4.79 Å². The average molecular weight is 379 g/mol. The van der Waals surface area contributed by atoms with Crippen LogP contribution in [0.25, 0.3) is 0 Å². The third-order valence-corrected chi connectivity index (χ3v) is 6.20. The Morgan fingerprint density at radius 1 is 1.00 bits per heavy atom. The Labute approximate surface area is 167 Å². The molecule has 0 N–H and O–H groups in total. The highest BCUT2D eigenvalue weighted by molar-refractivity contribution is 5.77. The van der Waals surface area contributed by atoms with Crippen LogP contribution >= 0.6 is 0 Å². The Hall–Kier alpha value is -2.27. The fourth-order valence-corrected chi connectivity index (χ4v) is 4.67. The van der Waals surface area contributed by atoms with Gasteiger partial charge in [0.05, 0.1) is 24.1 Å². The van der Waals surface area contributed by atoms with Crippen LogP contribution in [0.2, 0.25) is 0 Å². The Balaban J connectivity index is 1.43. The smallest absolute Gasteiger partial charge is 0.222 e. The number of carbonyl (C=O) groups excluding carboxylic acids is 1. The van der Waals surface area contributed by atoms with Crippen LogP contribution in [0, 0.1) is 19.3 Å². The lowest BCUT2D eigenvalue weighted by atomic mass is 9.73. The summed E-state index contributed by atoms with van der Waals surface area (Å²) in [6, 6.07) is 8.87. The minimum atomic E-state index is 0.217. The Morgan fingerprint density at radius 2 is 1.82 bits per heavy atom. The van der Waals surface area contributed by atoms with Gasteiger partial charge in [-0.2, -0.15) is 0 Å². The molecule has 2 aliphatic rings. The number of likely N-dealkylation sites (tertiary alicyclic amines) is 2. The van der Waals surface area contributed by atoms with Gasteiger partial charge in [0.1, 0.15) is 0 Å². The molecule has 1 amide bonds. The molecule has 0 radical (unpaired) electrons. The summed E-state index contributed by atoms with van der Waals surface area (Å²) in [5.41, 5.74) is 4.68. The maximum absolute atomic E-state index is 12.6. The Bertz CT molecular complexity index is 818. The van der Waals surface area contributed by atoms with Crippen molar-refractivity contribution in [3.05, 3.63) is 59.2 Å². The molecule has 4 rings (SSSR count). The normalized spacial score (nSPS) is 23.4. The number of carbonyl (C=O) groups is 1. The lowest BCUT2D eigenvalue weighted by molar-refractivity contribution is -0.140. The van der Waals surface area contributed by atoms with Gasteiger partial charge in [0.2, 0.25) is 5.91 Å². The van der Waals surface area contributed by atoms with Crippen LogP contribution < -0.4 is 0 Å². The standard InChI is InChI=1S/C23H30N4O/c1-18-4-6-20(7-5-18)14-26-11-3-9-23(16-26)10-8-22(28)27(17-23)15-21-13-24-19(2)12-25-21/h4-7,12-13H,3,8-11,14-17H2,1-2H3. The molecule has 1 aromatic heterocycles. The first-order valence-electron chi connectivity index (χ1n) is 10.3. The zero-order valence-corrected chi connectivity index (χ0v) is 17.0. The number of hydrogen-bond donors (Lipinski definition) is 0. The molecule has 2 fully saturated rings. The van der Waals surface area contributed by atoms with Gasteiger partial charge in [0.15, 0.2) is 0 Å². The van der Waals surface area contributed by atoms with Crippen LogP contribution in [0.1, 0.15) is 48.2 Å². The van der Waals surface area contributed by atoms with Crippen LogP contribution in [-0.4, -0.2) is 45.3 Å². The number of nitrogens with zero attached hydrogens (tertiary/aromatic N) is 4. The molecule has 0 bridgehead atoms. The summed E-state index contributed by atoms with van der Waals surface area (Å²) in [7, 11) is 0. The van der Waals surface area contributed by atoms with Crippen molar-refractivity contribution in [2.45, 2.75) is 52.6 Å². The van der Waals surface area contributed by atoms with Crippen LogP contribution in [0.5, 0.6) is 0 Å². The van der Waals surface area contributed by atoms with Gasteiger partial charge < -0.3 is 4.90 Å². The van der Waals surface area contributed by atoms with Crippen molar-refractivity contribution in [3.63, 3.8) is 0 Å². The second-order valence-electron chi connectivity index (χ2n) is 8.70. The van der Waals surface area contributed by atoms with Crippen molar-refractivity contribution >= 4 is 5.91 Å². The minimum absolute atomic E-state index is 0.217. The highest BCUT2D eigenvalue weighted by Gasteiger charge is 2.41. The number of rotatable bonds is 4. The van der Waals surface area contributed by atoms with Crippen LogP contribution in [0.3, 0.4) is 0 Å². The van der Waals surface area contributed by atoms with Crippen molar-refractivity contribution in [1.29, 1.82) is 0 Å². The van der Waals surface area contributed by atoms with E-state index in [9.17, 15) is 4.79 Å². The SMILES string of the molecule is Cc1ccc(CN2CCCC3(CCC(=O)N(Cc4cnc(C)cn4)C3)C2)cc1. The van der Waals surface area contributed by atoms with E-state index in [0.29, 0.717) is 13.0 Å². The molecule has 1 unspecified atom stereocenters. The number of benzene rings is 1. The van der Waals surface area contributed by atoms with E-state index in [0.717, 1.165) is 44.0 Å². The predicted octanol–water partition coefficient (Wildman–Crippen LogP) is 3.50. The summed E-state index contributed by atoms with van der Waals surface area (Å²) < 4.78 is 0. The van der Waals surface area contributed by atoms with Crippen LogP contribution in [0.4, 0.5) is 0 Å². The number of aromatic nitrogens is 2. The number of piperidine rings is 2. The molecule has 1 spiro atoms. The van der Waals surface area contributed by atoms with Crippen LogP contribution in [-0.2, 0) is 17.9 Å². The van der Waals surface area contributed by atoms with Gasteiger partial charge in [-0.1, -0.05) is 29.8 Å². The zero-order valence-electron chi connectivity index (χ0n) is 17.0. The highest BCUT2D eigenvalue weighted by Crippen LogP contribution is 2.39. The number of hydrogen-bond acceptors (Lipinski definition) is 4. The first-order valence-corrected chi connectivity index (χ1v) is 10.3. The van der Waals surface area contributed by atoms with E-state index < -0.39 is 0 Å². The van der Waals surface area contributed by atoms with Crippen molar-refractivity contribution in [2.24, 2.45) is 5.41 Å². The number of aryl methyl sites for hydroxylation is 2. The third-order valence-electron chi connectivity index (χ3n) is 6.20. The second-order valence-corrected chi connectivity index (χ2v) is 8.70. The summed E-state index contributed by atoms with van der Waals surface area (Å²) in [6.45, 7) is 8.70. The molecule has 28 heavy (non-hydrogen) atoms. The fraction of sp³-hybridized carbons (Fsp3) is 0.522. The molecule has 0 aliphatic carbocycles. The average Bonchev–Trinajstić information content (AvgIpc) is 2.69. The van der Waals surface area contributed by atoms with Gasteiger partial charge in [0.25, 0.3) is 0 Å². The second kappa shape index (κ2) is 8.00. The maximum Gasteiger partial charge on any atom is 0.222 e. The third kappa shape index (κ3) is 4.41. The van der Waals surface area contributed by atoms with Gasteiger partial charge >= 0.3 is 0 Å². The molecule has 1 aromatic carbocycles. The maximum atomic E-state index is 12.6. The molecule has 3 heterocycles. The monoisotopic (exact) mass is 378 g/mol. The van der Waals surface area contributed by atoms with Gasteiger partial charge in [-0.05, 0) is 45.2 Å². The lowest BCUT2D eigenvalue weighted by Crippen LogP contribution is -2.53. The molecule has 2 aliphatic heterocycles. The van der Waals surface area contributed by atoms with Crippen LogP contribution in [0.15, 0.2) is 36.7 Å². The summed E-state index contributed by atoms with van der Waals surface area (Å²) >= 11 is 0. The largest absolute Gasteiger partial charge is 0.336 e.